The summed E-state index contributed by atoms with van der Waals surface area (Å²) >= 11 is 3.51. The van der Waals surface area contributed by atoms with E-state index in [9.17, 15) is 14.7 Å². The van der Waals surface area contributed by atoms with Crippen LogP contribution >= 0.6 is 15.9 Å². The van der Waals surface area contributed by atoms with Crippen molar-refractivity contribution in [3.63, 3.8) is 0 Å². The molecule has 0 saturated heterocycles. The zero-order chi connectivity index (χ0) is 26.0. The highest BCUT2D eigenvalue weighted by molar-refractivity contribution is 9.10. The number of ether oxygens (including phenoxy) is 1. The number of carboxylic acid groups (broad SMARTS) is 1. The van der Waals surface area contributed by atoms with Gasteiger partial charge in [-0.25, -0.2) is 14.5 Å². The van der Waals surface area contributed by atoms with E-state index < -0.39 is 5.97 Å². The standard InChI is InChI=1S/C25H29BrN6O4/c1-4-32-23(19(12-28-32)18-10-16(24(34)35)14-30(3)22(18)33)36-9-5-6-15(2)13-31-21-11-17(26)7-8-20(21)29-25(31)27/h7-8,10-12,14-15H,4-6,9,13H2,1-3H3,(H2,27,29)(H,34,35)/t15-/m1/s1. The van der Waals surface area contributed by atoms with Gasteiger partial charge < -0.3 is 24.7 Å². The van der Waals surface area contributed by atoms with Crippen LogP contribution in [0, 0.1) is 5.92 Å². The van der Waals surface area contributed by atoms with Crippen molar-refractivity contribution in [2.75, 3.05) is 12.3 Å². The molecule has 4 rings (SSSR count). The second-order valence-corrected chi connectivity index (χ2v) is 9.77. The molecular formula is C25H29BrN6O4. The SMILES string of the molecule is CCn1ncc(-c2cc(C(=O)O)cn(C)c2=O)c1OCCC[C@@H](C)Cn1c(N)nc2ccc(Br)cc21. The molecule has 0 amide bonds. The number of pyridine rings is 1. The molecular weight excluding hydrogens is 528 g/mol. The van der Waals surface area contributed by atoms with E-state index in [0.29, 0.717) is 36.5 Å². The minimum absolute atomic E-state index is 0.0226. The lowest BCUT2D eigenvalue weighted by Gasteiger charge is -2.15. The number of imidazole rings is 1. The van der Waals surface area contributed by atoms with Crippen LogP contribution in [-0.4, -0.2) is 41.6 Å². The fourth-order valence-corrected chi connectivity index (χ4v) is 4.62. The van der Waals surface area contributed by atoms with Gasteiger partial charge in [-0.1, -0.05) is 22.9 Å². The molecule has 0 unspecified atom stereocenters. The molecule has 0 radical (unpaired) electrons. The molecule has 0 fully saturated rings. The van der Waals surface area contributed by atoms with Crippen molar-refractivity contribution in [2.24, 2.45) is 13.0 Å². The number of nitrogens with zero attached hydrogens (tertiary/aromatic N) is 5. The van der Waals surface area contributed by atoms with E-state index in [1.807, 2.05) is 29.7 Å². The summed E-state index contributed by atoms with van der Waals surface area (Å²) in [6.45, 7) is 5.79. The average Bonchev–Trinajstić information content (AvgIpc) is 3.38. The molecule has 4 aromatic rings. The molecule has 0 bridgehead atoms. The maximum atomic E-state index is 12.8. The highest BCUT2D eigenvalue weighted by Crippen LogP contribution is 2.29. The summed E-state index contributed by atoms with van der Waals surface area (Å²) in [5, 5.41) is 13.7. The fourth-order valence-electron chi connectivity index (χ4n) is 4.27. The highest BCUT2D eigenvalue weighted by atomic mass is 79.9. The topological polar surface area (TPSA) is 130 Å². The number of aromatic carboxylic acids is 1. The minimum Gasteiger partial charge on any atom is -0.478 e. The van der Waals surface area contributed by atoms with Crippen LogP contribution in [0.25, 0.3) is 22.2 Å². The van der Waals surface area contributed by atoms with Gasteiger partial charge in [-0.05, 0) is 49.9 Å². The van der Waals surface area contributed by atoms with Crippen molar-refractivity contribution in [1.82, 2.24) is 23.9 Å². The Morgan fingerprint density at radius 2 is 2.06 bits per heavy atom. The summed E-state index contributed by atoms with van der Waals surface area (Å²) in [5.41, 5.74) is 8.46. The zero-order valence-corrected chi connectivity index (χ0v) is 22.0. The number of carbonyl (C=O) groups is 1. The normalized spacial score (nSPS) is 12.2. The number of nitrogen functional groups attached to an aromatic ring is 1. The molecule has 0 aliphatic rings. The number of hydrogen-bond acceptors (Lipinski definition) is 6. The van der Waals surface area contributed by atoms with Crippen LogP contribution in [0.3, 0.4) is 0 Å². The predicted octanol–water partition coefficient (Wildman–Crippen LogP) is 4.16. The molecule has 1 aromatic carbocycles. The molecule has 36 heavy (non-hydrogen) atoms. The molecule has 10 nitrogen and oxygen atoms in total. The van der Waals surface area contributed by atoms with Gasteiger partial charge in [-0.3, -0.25) is 4.79 Å². The van der Waals surface area contributed by atoms with Crippen molar-refractivity contribution in [3.05, 3.63) is 57.0 Å². The van der Waals surface area contributed by atoms with Crippen molar-refractivity contribution in [2.45, 2.75) is 39.8 Å². The first-order valence-corrected chi connectivity index (χ1v) is 12.5. The molecule has 3 aromatic heterocycles. The number of nitrogens with two attached hydrogens (primary N) is 1. The summed E-state index contributed by atoms with van der Waals surface area (Å²) < 4.78 is 12.0. The van der Waals surface area contributed by atoms with Crippen molar-refractivity contribution in [1.29, 1.82) is 0 Å². The van der Waals surface area contributed by atoms with E-state index in [4.69, 9.17) is 10.5 Å². The lowest BCUT2D eigenvalue weighted by atomic mass is 10.1. The maximum absolute atomic E-state index is 12.8. The average molecular weight is 557 g/mol. The Kier molecular flexibility index (Phi) is 7.48. The van der Waals surface area contributed by atoms with Gasteiger partial charge >= 0.3 is 5.97 Å². The van der Waals surface area contributed by atoms with Gasteiger partial charge in [0.05, 0.1) is 40.5 Å². The molecule has 190 valence electrons. The third-order valence-electron chi connectivity index (χ3n) is 6.13. The fraction of sp³-hybridized carbons (Fsp3) is 0.360. The second kappa shape index (κ2) is 10.6. The first-order valence-electron chi connectivity index (χ1n) is 11.7. The number of fused-ring (bicyclic) bond motifs is 1. The van der Waals surface area contributed by atoms with E-state index in [2.05, 4.69) is 32.9 Å². The molecule has 0 spiro atoms. The van der Waals surface area contributed by atoms with Gasteiger partial charge in [0.25, 0.3) is 5.56 Å². The van der Waals surface area contributed by atoms with E-state index in [0.717, 1.165) is 34.9 Å². The summed E-state index contributed by atoms with van der Waals surface area (Å²) in [7, 11) is 1.53. The Bertz CT molecular complexity index is 1470. The Morgan fingerprint density at radius 3 is 2.78 bits per heavy atom. The molecule has 0 aliphatic carbocycles. The van der Waals surface area contributed by atoms with E-state index in [1.54, 1.807) is 10.9 Å². The van der Waals surface area contributed by atoms with Crippen LogP contribution in [0.5, 0.6) is 5.88 Å². The Hall–Kier alpha value is -3.60. The monoisotopic (exact) mass is 556 g/mol. The van der Waals surface area contributed by atoms with Crippen molar-refractivity contribution in [3.8, 4) is 17.0 Å². The number of hydrogen-bond donors (Lipinski definition) is 2. The predicted molar refractivity (Wildman–Crippen MR) is 141 cm³/mol. The van der Waals surface area contributed by atoms with Gasteiger partial charge in [0.1, 0.15) is 0 Å². The van der Waals surface area contributed by atoms with Crippen LogP contribution in [0.2, 0.25) is 0 Å². The Labute approximate surface area is 216 Å². The summed E-state index contributed by atoms with van der Waals surface area (Å²) in [6.07, 6.45) is 4.52. The first-order chi connectivity index (χ1) is 17.2. The molecule has 1 atom stereocenters. The smallest absolute Gasteiger partial charge is 0.337 e. The number of aromatic nitrogens is 5. The van der Waals surface area contributed by atoms with Crippen LogP contribution in [0.4, 0.5) is 5.95 Å². The number of rotatable bonds is 10. The molecule has 0 saturated carbocycles. The molecule has 11 heteroatoms. The summed E-state index contributed by atoms with van der Waals surface area (Å²) in [4.78, 5) is 28.7. The number of carboxylic acids is 1. The number of aryl methyl sites for hydroxylation is 2. The quantitative estimate of drug-likeness (QED) is 0.280. The Morgan fingerprint density at radius 1 is 1.28 bits per heavy atom. The number of halogens is 1. The van der Waals surface area contributed by atoms with Gasteiger partial charge in [-0.2, -0.15) is 5.10 Å². The molecule has 3 heterocycles. The van der Waals surface area contributed by atoms with Crippen LogP contribution < -0.4 is 16.0 Å². The summed E-state index contributed by atoms with van der Waals surface area (Å²) in [6, 6.07) is 7.28. The minimum atomic E-state index is -1.11. The van der Waals surface area contributed by atoms with Gasteiger partial charge in [0, 0.05) is 30.8 Å². The lowest BCUT2D eigenvalue weighted by Crippen LogP contribution is -2.20. The number of anilines is 1. The van der Waals surface area contributed by atoms with Crippen LogP contribution in [0.15, 0.2) is 45.9 Å². The largest absolute Gasteiger partial charge is 0.478 e. The molecule has 0 aliphatic heterocycles. The maximum Gasteiger partial charge on any atom is 0.337 e. The lowest BCUT2D eigenvalue weighted by molar-refractivity contribution is 0.0696. The summed E-state index contributed by atoms with van der Waals surface area (Å²) in [5.74, 6) is 0.166. The third-order valence-corrected chi connectivity index (χ3v) is 6.62. The van der Waals surface area contributed by atoms with Crippen LogP contribution in [-0.2, 0) is 20.1 Å². The number of benzene rings is 1. The van der Waals surface area contributed by atoms with E-state index >= 15 is 0 Å². The molecule has 3 N–H and O–H groups in total. The van der Waals surface area contributed by atoms with Crippen molar-refractivity contribution < 1.29 is 14.6 Å². The Balaban J connectivity index is 1.45. The second-order valence-electron chi connectivity index (χ2n) is 8.85. The van der Waals surface area contributed by atoms with Crippen molar-refractivity contribution >= 4 is 38.9 Å². The van der Waals surface area contributed by atoms with Crippen LogP contribution in [0.1, 0.15) is 37.0 Å². The highest BCUT2D eigenvalue weighted by Gasteiger charge is 2.19. The van der Waals surface area contributed by atoms with Gasteiger partial charge in [-0.15, -0.1) is 0 Å². The van der Waals surface area contributed by atoms with Gasteiger partial charge in [0.15, 0.2) is 0 Å². The zero-order valence-electron chi connectivity index (χ0n) is 20.4. The third kappa shape index (κ3) is 5.15. The van der Waals surface area contributed by atoms with E-state index in [1.165, 1.54) is 23.9 Å². The van der Waals surface area contributed by atoms with Gasteiger partial charge in [0.2, 0.25) is 11.8 Å². The van der Waals surface area contributed by atoms with E-state index in [-0.39, 0.29) is 16.7 Å². The first kappa shape index (κ1) is 25.5.